The van der Waals surface area contributed by atoms with E-state index in [0.29, 0.717) is 19.6 Å². The summed E-state index contributed by atoms with van der Waals surface area (Å²) in [6, 6.07) is 14.7. The van der Waals surface area contributed by atoms with Gasteiger partial charge >= 0.3 is 12.1 Å². The highest BCUT2D eigenvalue weighted by molar-refractivity contribution is 5.89. The predicted molar refractivity (Wildman–Crippen MR) is 128 cm³/mol. The van der Waals surface area contributed by atoms with Crippen LogP contribution in [-0.2, 0) is 19.1 Å². The molecule has 1 unspecified atom stereocenters. The summed E-state index contributed by atoms with van der Waals surface area (Å²) in [5, 5.41) is 14.2. The number of alkyl carbamates (subject to hydrolysis) is 1. The van der Waals surface area contributed by atoms with E-state index in [1.54, 1.807) is 0 Å². The van der Waals surface area contributed by atoms with Crippen LogP contribution in [0.4, 0.5) is 4.79 Å². The number of nitrogens with one attached hydrogen (secondary N) is 2. The fourth-order valence-electron chi connectivity index (χ4n) is 3.95. The number of rotatable bonds is 10. The lowest BCUT2D eigenvalue weighted by molar-refractivity contribution is -0.139. The summed E-state index contributed by atoms with van der Waals surface area (Å²) >= 11 is 0. The summed E-state index contributed by atoms with van der Waals surface area (Å²) in [6.45, 7) is 6.64. The topological polar surface area (TPSA) is 114 Å². The Morgan fingerprint density at radius 2 is 1.59 bits per heavy atom. The van der Waals surface area contributed by atoms with Crippen molar-refractivity contribution in [3.63, 3.8) is 0 Å². The molecular formula is C26H32N2O6. The fraction of sp³-hybridized carbons (Fsp3) is 0.423. The van der Waals surface area contributed by atoms with Gasteiger partial charge in [0.2, 0.25) is 5.91 Å². The molecule has 2 amide bonds. The van der Waals surface area contributed by atoms with Crippen molar-refractivity contribution < 1.29 is 29.0 Å². The van der Waals surface area contributed by atoms with Crippen molar-refractivity contribution in [3.05, 3.63) is 59.7 Å². The molecule has 3 rings (SSSR count). The molecule has 0 aliphatic heterocycles. The molecule has 1 aliphatic rings. The van der Waals surface area contributed by atoms with Gasteiger partial charge in [-0.3, -0.25) is 9.59 Å². The van der Waals surface area contributed by atoms with E-state index in [9.17, 15) is 19.5 Å². The van der Waals surface area contributed by atoms with Gasteiger partial charge in [0, 0.05) is 19.1 Å². The van der Waals surface area contributed by atoms with E-state index in [1.807, 2.05) is 69.3 Å². The highest BCUT2D eigenvalue weighted by Crippen LogP contribution is 2.44. The summed E-state index contributed by atoms with van der Waals surface area (Å²) in [5.41, 5.74) is 4.06. The third-order valence-electron chi connectivity index (χ3n) is 5.49. The standard InChI is InChI=1S/C26H32N2O6/c1-26(2,3)34-14-8-13-27-24(31)22(15-23(29)30)28-25(32)33-16-21-19-11-6-4-9-17(19)18-10-5-7-12-20(18)21/h4-7,9-12,21-22H,8,13-16H2,1-3H3,(H,27,31)(H,28,32)(H,29,30). The summed E-state index contributed by atoms with van der Waals surface area (Å²) in [4.78, 5) is 36.2. The number of carboxylic acids is 1. The minimum Gasteiger partial charge on any atom is -0.481 e. The van der Waals surface area contributed by atoms with Crippen LogP contribution in [0.15, 0.2) is 48.5 Å². The lowest BCUT2D eigenvalue weighted by atomic mass is 9.98. The number of amides is 2. The Kier molecular flexibility index (Phi) is 8.28. The number of carbonyl (C=O) groups is 3. The summed E-state index contributed by atoms with van der Waals surface area (Å²) < 4.78 is 11.0. The van der Waals surface area contributed by atoms with Crippen molar-refractivity contribution in [2.45, 2.75) is 51.2 Å². The summed E-state index contributed by atoms with van der Waals surface area (Å²) in [7, 11) is 0. The molecule has 1 atom stereocenters. The minimum absolute atomic E-state index is 0.0748. The van der Waals surface area contributed by atoms with Gasteiger partial charge in [-0.1, -0.05) is 48.5 Å². The van der Waals surface area contributed by atoms with Crippen LogP contribution >= 0.6 is 0 Å². The quantitative estimate of drug-likeness (QED) is 0.458. The third kappa shape index (κ3) is 6.81. The maximum absolute atomic E-state index is 12.5. The van der Waals surface area contributed by atoms with Crippen LogP contribution in [-0.4, -0.2) is 54.5 Å². The molecule has 0 spiro atoms. The molecule has 8 nitrogen and oxygen atoms in total. The van der Waals surface area contributed by atoms with Gasteiger partial charge in [-0.05, 0) is 49.4 Å². The maximum Gasteiger partial charge on any atom is 0.407 e. The van der Waals surface area contributed by atoms with Gasteiger partial charge in [0.05, 0.1) is 12.0 Å². The van der Waals surface area contributed by atoms with Crippen LogP contribution in [0.2, 0.25) is 0 Å². The molecule has 1 aliphatic carbocycles. The van der Waals surface area contributed by atoms with Gasteiger partial charge in [-0.15, -0.1) is 0 Å². The first-order valence-corrected chi connectivity index (χ1v) is 11.4. The van der Waals surface area contributed by atoms with E-state index >= 15 is 0 Å². The Bertz CT molecular complexity index is 984. The average Bonchev–Trinajstić information content (AvgIpc) is 3.09. The van der Waals surface area contributed by atoms with Crippen LogP contribution < -0.4 is 10.6 Å². The first-order valence-electron chi connectivity index (χ1n) is 11.4. The molecule has 2 aromatic rings. The van der Waals surface area contributed by atoms with Gasteiger partial charge in [-0.2, -0.15) is 0 Å². The zero-order valence-electron chi connectivity index (χ0n) is 19.8. The molecule has 0 heterocycles. The average molecular weight is 469 g/mol. The van der Waals surface area contributed by atoms with Crippen molar-refractivity contribution in [2.24, 2.45) is 0 Å². The molecule has 0 bridgehead atoms. The van der Waals surface area contributed by atoms with Crippen molar-refractivity contribution in [3.8, 4) is 11.1 Å². The zero-order chi connectivity index (χ0) is 24.7. The van der Waals surface area contributed by atoms with Gasteiger partial charge in [0.15, 0.2) is 0 Å². The normalized spacial score (nSPS) is 13.5. The van der Waals surface area contributed by atoms with E-state index in [2.05, 4.69) is 10.6 Å². The molecule has 8 heteroatoms. The highest BCUT2D eigenvalue weighted by Gasteiger charge is 2.30. The van der Waals surface area contributed by atoms with Crippen LogP contribution in [0.25, 0.3) is 11.1 Å². The van der Waals surface area contributed by atoms with Gasteiger partial charge < -0.3 is 25.2 Å². The number of aliphatic carboxylic acids is 1. The Hall–Kier alpha value is -3.39. The van der Waals surface area contributed by atoms with Crippen molar-refractivity contribution in [1.82, 2.24) is 10.6 Å². The van der Waals surface area contributed by atoms with Crippen LogP contribution in [0.1, 0.15) is 50.7 Å². The second kappa shape index (κ2) is 11.2. The molecule has 0 fully saturated rings. The first-order chi connectivity index (χ1) is 16.2. The van der Waals surface area contributed by atoms with E-state index in [0.717, 1.165) is 22.3 Å². The highest BCUT2D eigenvalue weighted by atomic mass is 16.5. The fourth-order valence-corrected chi connectivity index (χ4v) is 3.95. The maximum atomic E-state index is 12.5. The van der Waals surface area contributed by atoms with Crippen LogP contribution in [0, 0.1) is 0 Å². The Morgan fingerprint density at radius 3 is 2.15 bits per heavy atom. The zero-order valence-corrected chi connectivity index (χ0v) is 19.8. The van der Waals surface area contributed by atoms with E-state index < -0.39 is 30.4 Å². The monoisotopic (exact) mass is 468 g/mol. The Morgan fingerprint density at radius 1 is 1.00 bits per heavy atom. The van der Waals surface area contributed by atoms with Gasteiger partial charge in [-0.25, -0.2) is 4.79 Å². The molecule has 0 aromatic heterocycles. The minimum atomic E-state index is -1.24. The summed E-state index contributed by atoms with van der Waals surface area (Å²) in [6.07, 6.45) is -0.818. The number of carbonyl (C=O) groups excluding carboxylic acids is 2. The first kappa shape index (κ1) is 25.2. The SMILES string of the molecule is CC(C)(C)OCCCNC(=O)C(CC(=O)O)NC(=O)OCC1c2ccccc2-c2ccccc21. The number of carboxylic acid groups (broad SMARTS) is 1. The number of benzene rings is 2. The Balaban J connectivity index is 1.55. The van der Waals surface area contributed by atoms with Gasteiger partial charge in [0.25, 0.3) is 0 Å². The molecule has 182 valence electrons. The molecule has 0 radical (unpaired) electrons. The Labute approximate surface area is 199 Å². The molecule has 3 N–H and O–H groups in total. The smallest absolute Gasteiger partial charge is 0.407 e. The number of fused-ring (bicyclic) bond motifs is 3. The second-order valence-corrected chi connectivity index (χ2v) is 9.23. The number of hydrogen-bond donors (Lipinski definition) is 3. The van der Waals surface area contributed by atoms with Crippen molar-refractivity contribution >= 4 is 18.0 Å². The third-order valence-corrected chi connectivity index (χ3v) is 5.49. The largest absolute Gasteiger partial charge is 0.481 e. The van der Waals surface area contributed by atoms with Crippen molar-refractivity contribution in [1.29, 1.82) is 0 Å². The van der Waals surface area contributed by atoms with E-state index in [1.165, 1.54) is 0 Å². The molecular weight excluding hydrogens is 436 g/mol. The van der Waals surface area contributed by atoms with Crippen molar-refractivity contribution in [2.75, 3.05) is 19.8 Å². The van der Waals surface area contributed by atoms with E-state index in [4.69, 9.17) is 9.47 Å². The van der Waals surface area contributed by atoms with E-state index in [-0.39, 0.29) is 18.1 Å². The molecule has 0 saturated heterocycles. The summed E-state index contributed by atoms with van der Waals surface area (Å²) in [5.74, 6) is -1.91. The van der Waals surface area contributed by atoms with Gasteiger partial charge in [0.1, 0.15) is 12.6 Å². The lowest BCUT2D eigenvalue weighted by Gasteiger charge is -2.20. The molecule has 2 aromatic carbocycles. The molecule has 34 heavy (non-hydrogen) atoms. The number of hydrogen-bond acceptors (Lipinski definition) is 5. The van der Waals surface area contributed by atoms with Crippen LogP contribution in [0.5, 0.6) is 0 Å². The molecule has 0 saturated carbocycles. The van der Waals surface area contributed by atoms with Crippen LogP contribution in [0.3, 0.4) is 0 Å². The second-order valence-electron chi connectivity index (χ2n) is 9.23. The lowest BCUT2D eigenvalue weighted by Crippen LogP contribution is -2.48. The number of ether oxygens (including phenoxy) is 2. The predicted octanol–water partition coefficient (Wildman–Crippen LogP) is 3.69.